The summed E-state index contributed by atoms with van der Waals surface area (Å²) >= 11 is 0. The van der Waals surface area contributed by atoms with E-state index in [9.17, 15) is 24.3 Å². The molecule has 3 N–H and O–H groups in total. The molecule has 0 fully saturated rings. The molecule has 0 rings (SSSR count). The normalized spacial score (nSPS) is 12.4. The standard InChI is InChI=1S/C24H42O8.Mg.2H/c1-2-3-4-5-6-7-8-9-10-11-12-13-14-15-16-17-21(27)32-22(28)19-24(31,23(29)30)18-20(25)26;;;/h31H,2-19H2,1H3,(H,25,26)(H,29,30);;;/q;+2;2*-1. The number of hydrogen-bond acceptors (Lipinski definition) is 6. The Labute approximate surface area is 217 Å². The smallest absolute Gasteiger partial charge is 1.00 e. The molecule has 0 aliphatic carbocycles. The van der Waals surface area contributed by atoms with Gasteiger partial charge < -0.3 is 22.9 Å². The molecule has 0 aromatic heterocycles. The first-order chi connectivity index (χ1) is 15.2. The molecule has 1 atom stereocenters. The number of carboxylic acid groups (broad SMARTS) is 2. The molecule has 0 bridgehead atoms. The molecule has 1 unspecified atom stereocenters. The van der Waals surface area contributed by atoms with Gasteiger partial charge in [0, 0.05) is 6.42 Å². The number of carboxylic acids is 2. The summed E-state index contributed by atoms with van der Waals surface area (Å²) in [5.41, 5.74) is -2.79. The third-order valence-corrected chi connectivity index (χ3v) is 5.49. The quantitative estimate of drug-likeness (QED) is 0.0909. The summed E-state index contributed by atoms with van der Waals surface area (Å²) in [5.74, 6) is -5.48. The van der Waals surface area contributed by atoms with Crippen LogP contribution in [0.5, 0.6) is 0 Å². The summed E-state index contributed by atoms with van der Waals surface area (Å²) in [6, 6.07) is 0. The van der Waals surface area contributed by atoms with Crippen molar-refractivity contribution in [1.82, 2.24) is 0 Å². The first kappa shape index (κ1) is 34.0. The van der Waals surface area contributed by atoms with Gasteiger partial charge in [-0.25, -0.2) is 4.79 Å². The van der Waals surface area contributed by atoms with E-state index in [-0.39, 0.29) is 32.3 Å². The van der Waals surface area contributed by atoms with Crippen LogP contribution in [0.2, 0.25) is 0 Å². The maximum Gasteiger partial charge on any atom is 2.00 e. The van der Waals surface area contributed by atoms with Gasteiger partial charge in [0.05, 0.1) is 12.8 Å². The van der Waals surface area contributed by atoms with Crippen molar-refractivity contribution in [3.05, 3.63) is 0 Å². The molecule has 0 saturated carbocycles. The van der Waals surface area contributed by atoms with E-state index in [0.717, 1.165) is 19.3 Å². The van der Waals surface area contributed by atoms with Crippen LogP contribution in [0.25, 0.3) is 0 Å². The van der Waals surface area contributed by atoms with Gasteiger partial charge in [0.2, 0.25) is 0 Å². The number of rotatable bonds is 21. The third-order valence-electron chi connectivity index (χ3n) is 5.49. The average Bonchev–Trinajstić information content (AvgIpc) is 2.69. The molecule has 0 aromatic carbocycles. The molecule has 9 heteroatoms. The van der Waals surface area contributed by atoms with Crippen molar-refractivity contribution in [2.75, 3.05) is 0 Å². The van der Waals surface area contributed by atoms with Crippen molar-refractivity contribution in [1.29, 1.82) is 0 Å². The zero-order chi connectivity index (χ0) is 24.2. The van der Waals surface area contributed by atoms with Crippen molar-refractivity contribution in [3.63, 3.8) is 0 Å². The van der Waals surface area contributed by atoms with Crippen LogP contribution >= 0.6 is 0 Å². The van der Waals surface area contributed by atoms with Crippen LogP contribution in [-0.4, -0.2) is 67.9 Å². The minimum absolute atomic E-state index is 0. The van der Waals surface area contributed by atoms with Gasteiger partial charge in [-0.05, 0) is 6.42 Å². The molecule has 0 amide bonds. The second kappa shape index (κ2) is 21.3. The molecule has 0 saturated heterocycles. The topological polar surface area (TPSA) is 138 Å². The molecule has 8 nitrogen and oxygen atoms in total. The van der Waals surface area contributed by atoms with Crippen LogP contribution in [0, 0.1) is 0 Å². The molecule has 0 aliphatic heterocycles. The zero-order valence-corrected chi connectivity index (χ0v) is 21.7. The van der Waals surface area contributed by atoms with Crippen LogP contribution in [0.4, 0.5) is 0 Å². The number of unbranched alkanes of at least 4 members (excludes halogenated alkanes) is 14. The second-order valence-electron chi connectivity index (χ2n) is 8.63. The van der Waals surface area contributed by atoms with Crippen molar-refractivity contribution >= 4 is 46.9 Å². The zero-order valence-electron chi connectivity index (χ0n) is 22.3. The molecule has 0 heterocycles. The van der Waals surface area contributed by atoms with Crippen molar-refractivity contribution in [2.45, 2.75) is 128 Å². The van der Waals surface area contributed by atoms with Gasteiger partial charge in [-0.1, -0.05) is 96.8 Å². The maximum absolute atomic E-state index is 11.7. The number of carbonyl (C=O) groups excluding carboxylic acids is 2. The molecular formula is C24H44MgO8. The monoisotopic (exact) mass is 484 g/mol. The summed E-state index contributed by atoms with van der Waals surface area (Å²) in [6.45, 7) is 2.23. The third kappa shape index (κ3) is 19.9. The number of aliphatic hydroxyl groups is 1. The number of ether oxygens (including phenoxy) is 1. The second-order valence-corrected chi connectivity index (χ2v) is 8.63. The van der Waals surface area contributed by atoms with Crippen LogP contribution in [0.15, 0.2) is 0 Å². The molecule has 190 valence electrons. The summed E-state index contributed by atoms with van der Waals surface area (Å²) < 4.78 is 4.50. The van der Waals surface area contributed by atoms with Crippen molar-refractivity contribution in [2.24, 2.45) is 0 Å². The Balaban J connectivity index is -0.00000160. The van der Waals surface area contributed by atoms with E-state index in [2.05, 4.69) is 11.7 Å². The Bertz CT molecular complexity index is 578. The van der Waals surface area contributed by atoms with E-state index in [4.69, 9.17) is 10.2 Å². The minimum Gasteiger partial charge on any atom is -1.00 e. The minimum atomic E-state index is -2.79. The Hall–Kier alpha value is -1.19. The Morgan fingerprint density at radius 1 is 0.667 bits per heavy atom. The molecular weight excluding hydrogens is 441 g/mol. The predicted molar refractivity (Wildman–Crippen MR) is 128 cm³/mol. The van der Waals surface area contributed by atoms with Gasteiger partial charge in [0.15, 0.2) is 5.60 Å². The summed E-state index contributed by atoms with van der Waals surface area (Å²) in [6.07, 6.45) is 15.6. The van der Waals surface area contributed by atoms with Gasteiger partial charge in [-0.2, -0.15) is 0 Å². The van der Waals surface area contributed by atoms with Crippen molar-refractivity contribution in [3.8, 4) is 0 Å². The van der Waals surface area contributed by atoms with E-state index < -0.39 is 42.3 Å². The fourth-order valence-electron chi connectivity index (χ4n) is 3.56. The van der Waals surface area contributed by atoms with E-state index in [1.54, 1.807) is 0 Å². The first-order valence-corrected chi connectivity index (χ1v) is 12.1. The molecule has 0 aromatic rings. The first-order valence-electron chi connectivity index (χ1n) is 12.1. The van der Waals surface area contributed by atoms with Crippen molar-refractivity contribution < 1.29 is 42.1 Å². The fourth-order valence-corrected chi connectivity index (χ4v) is 3.56. The summed E-state index contributed by atoms with van der Waals surface area (Å²) in [7, 11) is 0. The van der Waals surface area contributed by atoms with Gasteiger partial charge >= 0.3 is 46.9 Å². The largest absolute Gasteiger partial charge is 2.00 e. The Morgan fingerprint density at radius 3 is 1.42 bits per heavy atom. The van der Waals surface area contributed by atoms with Gasteiger partial charge in [-0.15, -0.1) is 0 Å². The Kier molecular flexibility index (Phi) is 22.0. The fraction of sp³-hybridized carbons (Fsp3) is 0.833. The van der Waals surface area contributed by atoms with E-state index >= 15 is 0 Å². The predicted octanol–water partition coefficient (Wildman–Crippen LogP) is 4.84. The SMILES string of the molecule is CCCCCCCCCCCCCCCCCC(=O)OC(=O)CC(O)(CC(=O)O)C(=O)O.[H-].[H-].[Mg+2]. The molecule has 0 spiro atoms. The van der Waals surface area contributed by atoms with Gasteiger partial charge in [0.25, 0.3) is 0 Å². The van der Waals surface area contributed by atoms with Crippen LogP contribution in [0.1, 0.15) is 125 Å². The molecule has 33 heavy (non-hydrogen) atoms. The summed E-state index contributed by atoms with van der Waals surface area (Å²) in [4.78, 5) is 45.0. The maximum atomic E-state index is 11.7. The van der Waals surface area contributed by atoms with Crippen LogP contribution in [-0.2, 0) is 23.9 Å². The van der Waals surface area contributed by atoms with Gasteiger partial charge in [0.1, 0.15) is 0 Å². The number of carbonyl (C=O) groups is 4. The van der Waals surface area contributed by atoms with E-state index in [0.29, 0.717) is 6.42 Å². The molecule has 0 radical (unpaired) electrons. The van der Waals surface area contributed by atoms with E-state index in [1.807, 2.05) is 0 Å². The van der Waals surface area contributed by atoms with Crippen LogP contribution in [0.3, 0.4) is 0 Å². The van der Waals surface area contributed by atoms with Crippen LogP contribution < -0.4 is 0 Å². The van der Waals surface area contributed by atoms with E-state index in [1.165, 1.54) is 70.6 Å². The number of esters is 2. The number of aliphatic carboxylic acids is 2. The average molecular weight is 485 g/mol. The number of hydrogen-bond donors (Lipinski definition) is 3. The van der Waals surface area contributed by atoms with Gasteiger partial charge in [-0.3, -0.25) is 14.4 Å². The summed E-state index contributed by atoms with van der Waals surface area (Å²) in [5, 5.41) is 27.3. The Morgan fingerprint density at radius 2 is 1.06 bits per heavy atom. The molecule has 0 aliphatic rings.